The van der Waals surface area contributed by atoms with Crippen LogP contribution in [0.4, 0.5) is 0 Å². The second-order valence-electron chi connectivity index (χ2n) is 6.77. The van der Waals surface area contributed by atoms with Crippen LogP contribution in [0.1, 0.15) is 4.88 Å². The second-order valence-corrected chi connectivity index (χ2v) is 10.3. The van der Waals surface area contributed by atoms with E-state index in [4.69, 9.17) is 12.2 Å². The van der Waals surface area contributed by atoms with Crippen molar-refractivity contribution in [2.24, 2.45) is 4.99 Å². The molecule has 0 spiro atoms. The fraction of sp³-hybridized carbons (Fsp3) is 0.0500. The van der Waals surface area contributed by atoms with E-state index in [0.717, 1.165) is 36.5 Å². The van der Waals surface area contributed by atoms with Crippen molar-refractivity contribution >= 4 is 78.4 Å². The molecule has 2 amide bonds. The average Bonchev–Trinajstić information content (AvgIpc) is 3.34. The molecule has 1 aliphatic rings. The number of amides is 2. The third-order valence-corrected chi connectivity index (χ3v) is 7.62. The Kier molecular flexibility index (Phi) is 5.16. The fourth-order valence-electron chi connectivity index (χ4n) is 3.40. The van der Waals surface area contributed by atoms with Gasteiger partial charge >= 0.3 is 4.87 Å². The number of nitrogens with one attached hydrogen (secondary N) is 1. The lowest BCUT2D eigenvalue weighted by Crippen LogP contribution is -2.29. The van der Waals surface area contributed by atoms with Gasteiger partial charge < -0.3 is 5.11 Å². The van der Waals surface area contributed by atoms with Gasteiger partial charge in [-0.25, -0.2) is 4.99 Å². The minimum absolute atomic E-state index is 0.136. The topological polar surface area (TPSA) is 106 Å². The molecule has 0 fully saturated rings. The van der Waals surface area contributed by atoms with Crippen LogP contribution in [-0.4, -0.2) is 26.2 Å². The van der Waals surface area contributed by atoms with Crippen LogP contribution in [0.15, 0.2) is 56.7 Å². The summed E-state index contributed by atoms with van der Waals surface area (Å²) in [6.07, 6.45) is 0. The highest BCUT2D eigenvalue weighted by Crippen LogP contribution is 2.32. The zero-order valence-corrected chi connectivity index (χ0v) is 19.9. The normalized spacial score (nSPS) is 12.8. The summed E-state index contributed by atoms with van der Waals surface area (Å²) >= 11 is 10.7. The van der Waals surface area contributed by atoms with E-state index in [1.807, 2.05) is 6.07 Å². The molecule has 0 unspecified atom stereocenters. The Morgan fingerprint density at radius 2 is 1.97 bits per heavy atom. The number of hydrogen-bond donors (Lipinski definition) is 2. The molecule has 2 N–H and O–H groups in total. The Bertz CT molecular complexity index is 1700. The van der Waals surface area contributed by atoms with Crippen LogP contribution in [0.2, 0.25) is 0 Å². The van der Waals surface area contributed by atoms with Crippen LogP contribution in [0.5, 0.6) is 5.88 Å². The standard InChI is InChI=1S/C20H11BrN4O4S3/c21-9-5-6-11-10(7-9)15(17(27)22-11)16-18(28)25(20(30)32-16)23-14(26)8-24-12-3-1-2-4-13(12)31-19(24)29/h1-7,28H,8H2,(H,23,26). The molecular weight excluding hydrogens is 536 g/mol. The van der Waals surface area contributed by atoms with Crippen LogP contribution < -0.4 is 20.9 Å². The lowest BCUT2D eigenvalue weighted by Gasteiger charge is -2.08. The van der Waals surface area contributed by atoms with Crippen molar-refractivity contribution < 1.29 is 14.7 Å². The second kappa shape index (κ2) is 7.89. The van der Waals surface area contributed by atoms with E-state index in [9.17, 15) is 19.5 Å². The number of aromatic nitrogens is 2. The number of hydrogen-bond acceptors (Lipinski definition) is 7. The van der Waals surface area contributed by atoms with Gasteiger partial charge in [-0.05, 0) is 42.5 Å². The van der Waals surface area contributed by atoms with Gasteiger partial charge in [-0.15, -0.1) is 0 Å². The van der Waals surface area contributed by atoms with Crippen molar-refractivity contribution in [1.29, 1.82) is 0 Å². The largest absolute Gasteiger partial charge is 0.492 e. The lowest BCUT2D eigenvalue weighted by atomic mass is 10.1. The minimum Gasteiger partial charge on any atom is -0.492 e. The number of para-hydroxylation sites is 1. The average molecular weight is 547 g/mol. The molecule has 12 heteroatoms. The smallest absolute Gasteiger partial charge is 0.308 e. The molecule has 0 saturated carbocycles. The maximum absolute atomic E-state index is 12.7. The number of halogens is 1. The van der Waals surface area contributed by atoms with Crippen molar-refractivity contribution in [3.63, 3.8) is 0 Å². The first-order chi connectivity index (χ1) is 15.3. The molecule has 5 rings (SSSR count). The van der Waals surface area contributed by atoms with Gasteiger partial charge in [0.25, 0.3) is 11.8 Å². The number of fused-ring (bicyclic) bond motifs is 2. The minimum atomic E-state index is -0.554. The molecule has 1 aliphatic heterocycles. The first kappa shape index (κ1) is 20.9. The molecule has 4 aromatic rings. The predicted octanol–water partition coefficient (Wildman–Crippen LogP) is 2.25. The highest BCUT2D eigenvalue weighted by atomic mass is 79.9. The number of carbonyl (C=O) groups excluding carboxylic acids is 2. The molecule has 0 atom stereocenters. The Morgan fingerprint density at radius 1 is 1.19 bits per heavy atom. The molecule has 0 radical (unpaired) electrons. The molecule has 32 heavy (non-hydrogen) atoms. The number of thiazole rings is 2. The van der Waals surface area contributed by atoms with Crippen LogP contribution in [0.25, 0.3) is 15.8 Å². The van der Waals surface area contributed by atoms with Crippen LogP contribution in [0.3, 0.4) is 0 Å². The van der Waals surface area contributed by atoms with Gasteiger partial charge in [0.05, 0.1) is 21.1 Å². The summed E-state index contributed by atoms with van der Waals surface area (Å²) in [4.78, 5) is 41.4. The quantitative estimate of drug-likeness (QED) is 0.382. The van der Waals surface area contributed by atoms with E-state index in [2.05, 4.69) is 26.3 Å². The van der Waals surface area contributed by atoms with E-state index in [1.54, 1.807) is 36.4 Å². The molecule has 0 bridgehead atoms. The van der Waals surface area contributed by atoms with E-state index in [-0.39, 0.29) is 31.7 Å². The Labute approximate surface area is 200 Å². The molecule has 3 heterocycles. The Balaban J connectivity index is 1.51. The summed E-state index contributed by atoms with van der Waals surface area (Å²) < 4.78 is 4.05. The van der Waals surface area contributed by atoms with Gasteiger partial charge in [-0.1, -0.05) is 50.7 Å². The number of nitrogens with zero attached hydrogens (tertiary/aromatic N) is 3. The molecular formula is C20H11BrN4O4S3. The van der Waals surface area contributed by atoms with E-state index in [0.29, 0.717) is 16.1 Å². The van der Waals surface area contributed by atoms with Gasteiger partial charge in [-0.2, -0.15) is 4.68 Å². The van der Waals surface area contributed by atoms with Gasteiger partial charge in [0.1, 0.15) is 11.4 Å². The van der Waals surface area contributed by atoms with E-state index in [1.165, 1.54) is 4.57 Å². The van der Waals surface area contributed by atoms with Crippen LogP contribution >= 0.6 is 50.8 Å². The maximum Gasteiger partial charge on any atom is 0.308 e. The molecule has 8 nitrogen and oxygen atoms in total. The first-order valence-corrected chi connectivity index (χ1v) is 11.9. The zero-order valence-electron chi connectivity index (χ0n) is 15.9. The van der Waals surface area contributed by atoms with Gasteiger partial charge in [0.2, 0.25) is 5.88 Å². The van der Waals surface area contributed by atoms with Crippen LogP contribution in [-0.2, 0) is 16.1 Å². The number of rotatable bonds is 4. The maximum atomic E-state index is 12.7. The monoisotopic (exact) mass is 546 g/mol. The summed E-state index contributed by atoms with van der Waals surface area (Å²) in [6, 6.07) is 12.4. The van der Waals surface area contributed by atoms with Crippen molar-refractivity contribution in [2.45, 2.75) is 6.54 Å². The Hall–Kier alpha value is -2.93. The summed E-state index contributed by atoms with van der Waals surface area (Å²) in [6.45, 7) is -0.254. The number of carbonyl (C=O) groups is 2. The van der Waals surface area contributed by atoms with Gasteiger partial charge in [-0.3, -0.25) is 24.4 Å². The highest BCUT2D eigenvalue weighted by Gasteiger charge is 2.26. The summed E-state index contributed by atoms with van der Waals surface area (Å²) in [7, 11) is 0. The third kappa shape index (κ3) is 3.45. The Morgan fingerprint density at radius 3 is 2.78 bits per heavy atom. The summed E-state index contributed by atoms with van der Waals surface area (Å²) in [5.41, 5.74) is 3.37. The van der Waals surface area contributed by atoms with Crippen molar-refractivity contribution in [3.8, 4) is 5.88 Å². The van der Waals surface area contributed by atoms with Gasteiger partial charge in [0.15, 0.2) is 3.95 Å². The fourth-order valence-corrected chi connectivity index (χ4v) is 5.92. The SMILES string of the molecule is O=C(Cn1c(=O)sc2ccccc21)Nn1c(O)c(C2=c3cc(Br)ccc3=NC2=O)sc1=S. The lowest BCUT2D eigenvalue weighted by molar-refractivity contribution is -0.117. The number of benzene rings is 2. The van der Waals surface area contributed by atoms with Crippen molar-refractivity contribution in [3.05, 3.63) is 76.0 Å². The van der Waals surface area contributed by atoms with Crippen molar-refractivity contribution in [1.82, 2.24) is 9.24 Å². The predicted molar refractivity (Wildman–Crippen MR) is 128 cm³/mol. The molecule has 0 saturated heterocycles. The molecule has 160 valence electrons. The van der Waals surface area contributed by atoms with Crippen LogP contribution in [0, 0.1) is 3.95 Å². The zero-order chi connectivity index (χ0) is 22.6. The highest BCUT2D eigenvalue weighted by molar-refractivity contribution is 9.10. The number of aromatic hydroxyl groups is 1. The summed E-state index contributed by atoms with van der Waals surface area (Å²) in [5, 5.41) is 11.8. The van der Waals surface area contributed by atoms with Gasteiger partial charge in [0, 0.05) is 9.69 Å². The molecule has 0 aliphatic carbocycles. The van der Waals surface area contributed by atoms with Crippen molar-refractivity contribution in [2.75, 3.05) is 5.43 Å². The van der Waals surface area contributed by atoms with E-state index >= 15 is 0 Å². The first-order valence-electron chi connectivity index (χ1n) is 9.10. The summed E-state index contributed by atoms with van der Waals surface area (Å²) in [5.74, 6) is -1.43. The molecule has 2 aromatic carbocycles. The third-order valence-electron chi connectivity index (χ3n) is 4.79. The van der Waals surface area contributed by atoms with E-state index < -0.39 is 11.8 Å². The molecule has 2 aromatic heterocycles.